The molecular weight excluding hydrogens is 364 g/mol. The van der Waals surface area contributed by atoms with E-state index in [4.69, 9.17) is 4.74 Å². The van der Waals surface area contributed by atoms with Gasteiger partial charge in [-0.3, -0.25) is 14.6 Å². The van der Waals surface area contributed by atoms with E-state index < -0.39 is 0 Å². The zero-order chi connectivity index (χ0) is 20.5. The molecule has 0 radical (unpaired) electrons. The number of ether oxygens (including phenoxy) is 1. The molecule has 1 amide bonds. The van der Waals surface area contributed by atoms with Crippen LogP contribution >= 0.6 is 0 Å². The number of carbonyl (C=O) groups is 1. The molecule has 1 N–H and O–H groups in total. The summed E-state index contributed by atoms with van der Waals surface area (Å²) in [6.07, 6.45) is 2.68. The molecule has 29 heavy (non-hydrogen) atoms. The minimum Gasteiger partial charge on any atom is -0.383 e. The molecule has 0 spiro atoms. The summed E-state index contributed by atoms with van der Waals surface area (Å²) in [5.74, 6) is 0.178. The highest BCUT2D eigenvalue weighted by Gasteiger charge is 2.28. The van der Waals surface area contributed by atoms with Crippen LogP contribution in [0.1, 0.15) is 37.8 Å². The van der Waals surface area contributed by atoms with Crippen LogP contribution in [0.3, 0.4) is 0 Å². The Morgan fingerprint density at radius 3 is 2.38 bits per heavy atom. The number of methoxy groups -OCH3 is 1. The van der Waals surface area contributed by atoms with E-state index >= 15 is 0 Å². The van der Waals surface area contributed by atoms with Gasteiger partial charge in [0, 0.05) is 78.0 Å². The highest BCUT2D eigenvalue weighted by Crippen LogP contribution is 2.25. The first-order valence-electron chi connectivity index (χ1n) is 11.2. The highest BCUT2D eigenvalue weighted by molar-refractivity contribution is 5.75. The minimum atomic E-state index is 0.178. The van der Waals surface area contributed by atoms with Crippen LogP contribution in [0.25, 0.3) is 0 Å². The first kappa shape index (κ1) is 22.2. The Bertz CT molecular complexity index is 596. The maximum atomic E-state index is 11.7. The number of nitrogens with zero attached hydrogens (tertiary/aromatic N) is 3. The highest BCUT2D eigenvalue weighted by atomic mass is 16.5. The average molecular weight is 403 g/mol. The van der Waals surface area contributed by atoms with E-state index in [1.54, 1.807) is 7.11 Å². The van der Waals surface area contributed by atoms with Crippen molar-refractivity contribution in [3.63, 3.8) is 0 Å². The Balaban J connectivity index is 1.56. The first-order valence-corrected chi connectivity index (χ1v) is 11.2. The Labute approximate surface area is 176 Å². The Morgan fingerprint density at radius 2 is 1.76 bits per heavy atom. The summed E-state index contributed by atoms with van der Waals surface area (Å²) in [6.45, 7) is 11.4. The van der Waals surface area contributed by atoms with Crippen LogP contribution in [0.5, 0.6) is 0 Å². The molecule has 2 fully saturated rings. The second kappa shape index (κ2) is 11.6. The number of likely N-dealkylation sites (tertiary alicyclic amines) is 1. The van der Waals surface area contributed by atoms with Crippen LogP contribution < -0.4 is 5.32 Å². The third-order valence-electron chi connectivity index (χ3n) is 6.35. The van der Waals surface area contributed by atoms with Gasteiger partial charge in [0.05, 0.1) is 6.61 Å². The van der Waals surface area contributed by atoms with E-state index in [9.17, 15) is 4.79 Å². The van der Waals surface area contributed by atoms with Crippen LogP contribution in [0.15, 0.2) is 30.3 Å². The summed E-state index contributed by atoms with van der Waals surface area (Å²) < 4.78 is 5.24. The number of hydrogen-bond donors (Lipinski definition) is 1. The van der Waals surface area contributed by atoms with Crippen molar-refractivity contribution in [3.05, 3.63) is 35.9 Å². The van der Waals surface area contributed by atoms with Crippen LogP contribution in [0.2, 0.25) is 0 Å². The molecule has 2 heterocycles. The molecule has 0 aliphatic carbocycles. The summed E-state index contributed by atoms with van der Waals surface area (Å²) in [6, 6.07) is 11.7. The molecule has 0 aromatic heterocycles. The summed E-state index contributed by atoms with van der Waals surface area (Å²) >= 11 is 0. The van der Waals surface area contributed by atoms with Gasteiger partial charge in [0.1, 0.15) is 0 Å². The summed E-state index contributed by atoms with van der Waals surface area (Å²) in [7, 11) is 1.78. The number of hydrogen-bond acceptors (Lipinski definition) is 5. The normalized spacial score (nSPS) is 21.2. The molecule has 1 aromatic rings. The van der Waals surface area contributed by atoms with E-state index in [1.807, 2.05) is 6.92 Å². The monoisotopic (exact) mass is 402 g/mol. The molecule has 162 valence electrons. The zero-order valence-corrected chi connectivity index (χ0v) is 18.2. The first-order chi connectivity index (χ1) is 14.2. The molecule has 0 bridgehead atoms. The van der Waals surface area contributed by atoms with Gasteiger partial charge < -0.3 is 15.0 Å². The van der Waals surface area contributed by atoms with Gasteiger partial charge in [-0.15, -0.1) is 0 Å². The lowest BCUT2D eigenvalue weighted by molar-refractivity contribution is -0.121. The minimum absolute atomic E-state index is 0.178. The van der Waals surface area contributed by atoms with Crippen molar-refractivity contribution in [2.45, 2.75) is 38.3 Å². The van der Waals surface area contributed by atoms with Crippen molar-refractivity contribution in [1.29, 1.82) is 0 Å². The number of piperazine rings is 1. The van der Waals surface area contributed by atoms with E-state index in [0.717, 1.165) is 71.8 Å². The van der Waals surface area contributed by atoms with E-state index in [-0.39, 0.29) is 5.91 Å². The van der Waals surface area contributed by atoms with Crippen molar-refractivity contribution >= 4 is 5.91 Å². The number of amides is 1. The molecule has 6 heteroatoms. The second-order valence-corrected chi connectivity index (χ2v) is 8.29. The van der Waals surface area contributed by atoms with Crippen LogP contribution in [0.4, 0.5) is 0 Å². The molecule has 2 aliphatic rings. The molecule has 1 unspecified atom stereocenters. The molecule has 1 aromatic carbocycles. The SMILES string of the molecule is CCC(=O)NC1CCN(CC(c2ccccc2)N2CCN(CCOC)CC2)CC1. The number of carbonyl (C=O) groups excluding carboxylic acids is 1. The second-order valence-electron chi connectivity index (χ2n) is 8.29. The molecule has 2 saturated heterocycles. The largest absolute Gasteiger partial charge is 0.383 e. The molecule has 1 atom stereocenters. The smallest absolute Gasteiger partial charge is 0.219 e. The van der Waals surface area contributed by atoms with Crippen LogP contribution in [-0.4, -0.2) is 92.7 Å². The van der Waals surface area contributed by atoms with Crippen LogP contribution in [0, 0.1) is 0 Å². The van der Waals surface area contributed by atoms with Gasteiger partial charge in [0.15, 0.2) is 0 Å². The van der Waals surface area contributed by atoms with Crippen LogP contribution in [-0.2, 0) is 9.53 Å². The predicted octanol–water partition coefficient (Wildman–Crippen LogP) is 1.98. The fraction of sp³-hybridized carbons (Fsp3) is 0.696. The fourth-order valence-electron chi connectivity index (χ4n) is 4.46. The Kier molecular flexibility index (Phi) is 8.92. The third-order valence-corrected chi connectivity index (χ3v) is 6.35. The van der Waals surface area contributed by atoms with E-state index in [0.29, 0.717) is 18.5 Å². The van der Waals surface area contributed by atoms with E-state index in [1.165, 1.54) is 5.56 Å². The summed E-state index contributed by atoms with van der Waals surface area (Å²) in [4.78, 5) is 19.4. The lowest BCUT2D eigenvalue weighted by Crippen LogP contribution is -2.51. The van der Waals surface area contributed by atoms with Crippen molar-refractivity contribution in [2.24, 2.45) is 0 Å². The number of rotatable bonds is 9. The van der Waals surface area contributed by atoms with Crippen molar-refractivity contribution in [3.8, 4) is 0 Å². The lowest BCUT2D eigenvalue weighted by atomic mass is 10.00. The van der Waals surface area contributed by atoms with Gasteiger partial charge in [-0.05, 0) is 18.4 Å². The van der Waals surface area contributed by atoms with Gasteiger partial charge >= 0.3 is 0 Å². The van der Waals surface area contributed by atoms with Crippen molar-refractivity contribution < 1.29 is 9.53 Å². The predicted molar refractivity (Wildman–Crippen MR) is 117 cm³/mol. The fourth-order valence-corrected chi connectivity index (χ4v) is 4.46. The average Bonchev–Trinajstić information content (AvgIpc) is 2.78. The van der Waals surface area contributed by atoms with Gasteiger partial charge in [-0.2, -0.15) is 0 Å². The summed E-state index contributed by atoms with van der Waals surface area (Å²) in [5.41, 5.74) is 1.42. The molecule has 6 nitrogen and oxygen atoms in total. The quantitative estimate of drug-likeness (QED) is 0.685. The van der Waals surface area contributed by atoms with Crippen molar-refractivity contribution in [1.82, 2.24) is 20.0 Å². The summed E-state index contributed by atoms with van der Waals surface area (Å²) in [5, 5.41) is 3.17. The Hall–Kier alpha value is -1.47. The maximum Gasteiger partial charge on any atom is 0.219 e. The topological polar surface area (TPSA) is 48.1 Å². The molecule has 3 rings (SSSR count). The number of nitrogens with one attached hydrogen (secondary N) is 1. The third kappa shape index (κ3) is 6.78. The number of benzene rings is 1. The standard InChI is InChI=1S/C23H38N4O2/c1-3-23(28)24-21-9-11-26(12-10-21)19-22(20-7-5-4-6-8-20)27-15-13-25(14-16-27)17-18-29-2/h4-8,21-22H,3,9-19H2,1-2H3,(H,24,28). The lowest BCUT2D eigenvalue weighted by Gasteiger charge is -2.42. The van der Waals surface area contributed by atoms with Crippen molar-refractivity contribution in [2.75, 3.05) is 66.1 Å². The number of piperidine rings is 1. The van der Waals surface area contributed by atoms with E-state index in [2.05, 4.69) is 50.3 Å². The maximum absolute atomic E-state index is 11.7. The molecular formula is C23H38N4O2. The van der Waals surface area contributed by atoms with Gasteiger partial charge in [-0.1, -0.05) is 37.3 Å². The molecule has 0 saturated carbocycles. The zero-order valence-electron chi connectivity index (χ0n) is 18.2. The van der Waals surface area contributed by atoms with Gasteiger partial charge in [0.25, 0.3) is 0 Å². The van der Waals surface area contributed by atoms with Gasteiger partial charge in [-0.25, -0.2) is 0 Å². The molecule has 2 aliphatic heterocycles. The Morgan fingerprint density at radius 1 is 1.07 bits per heavy atom. The van der Waals surface area contributed by atoms with Gasteiger partial charge in [0.2, 0.25) is 5.91 Å².